The quantitative estimate of drug-likeness (QED) is 0.908. The maximum Gasteiger partial charge on any atom is 0.244 e. The van der Waals surface area contributed by atoms with E-state index in [1.165, 1.54) is 11.8 Å². The zero-order chi connectivity index (χ0) is 17.7. The van der Waals surface area contributed by atoms with E-state index in [9.17, 15) is 9.59 Å². The van der Waals surface area contributed by atoms with E-state index >= 15 is 0 Å². The van der Waals surface area contributed by atoms with Crippen LogP contribution in [0.25, 0.3) is 0 Å². The van der Waals surface area contributed by atoms with E-state index in [-0.39, 0.29) is 18.4 Å². The molecule has 4 heteroatoms. The van der Waals surface area contributed by atoms with E-state index in [1.807, 2.05) is 56.3 Å². The van der Waals surface area contributed by atoms with Crippen molar-refractivity contribution in [3.8, 4) is 0 Å². The van der Waals surface area contributed by atoms with Gasteiger partial charge in [-0.15, -0.1) is 0 Å². The molecule has 0 radical (unpaired) electrons. The van der Waals surface area contributed by atoms with Crippen molar-refractivity contribution < 1.29 is 9.59 Å². The van der Waals surface area contributed by atoms with Gasteiger partial charge >= 0.3 is 0 Å². The second-order valence-electron chi connectivity index (χ2n) is 5.95. The summed E-state index contributed by atoms with van der Waals surface area (Å²) in [6.07, 6.45) is 0.839. The molecule has 0 saturated carbocycles. The first-order valence-corrected chi connectivity index (χ1v) is 8.15. The Kier molecular flexibility index (Phi) is 5.74. The van der Waals surface area contributed by atoms with Crippen LogP contribution in [0, 0.1) is 13.8 Å². The van der Waals surface area contributed by atoms with Gasteiger partial charge in [0.15, 0.2) is 0 Å². The molecule has 0 unspecified atom stereocenters. The molecule has 2 rings (SSSR count). The average Bonchev–Trinajstić information content (AvgIpc) is 2.54. The van der Waals surface area contributed by atoms with Gasteiger partial charge in [-0.25, -0.2) is 0 Å². The number of anilines is 2. The molecular weight excluding hydrogens is 300 g/mol. The number of carbonyl (C=O) groups excluding carboxylic acids is 2. The fourth-order valence-electron chi connectivity index (χ4n) is 2.70. The Morgan fingerprint density at radius 2 is 1.79 bits per heavy atom. The Morgan fingerprint density at radius 3 is 2.42 bits per heavy atom. The van der Waals surface area contributed by atoms with Crippen LogP contribution in [0.15, 0.2) is 42.5 Å². The zero-order valence-electron chi connectivity index (χ0n) is 14.7. The molecule has 0 bridgehead atoms. The molecule has 2 amide bonds. The number of para-hydroxylation sites is 1. The van der Waals surface area contributed by atoms with Crippen LogP contribution < -0.4 is 10.2 Å². The molecule has 0 saturated heterocycles. The van der Waals surface area contributed by atoms with Crippen molar-refractivity contribution in [1.29, 1.82) is 0 Å². The Hall–Kier alpha value is -2.62. The first-order valence-electron chi connectivity index (χ1n) is 8.15. The second-order valence-corrected chi connectivity index (χ2v) is 5.95. The number of nitrogens with one attached hydrogen (secondary N) is 1. The van der Waals surface area contributed by atoms with Crippen LogP contribution >= 0.6 is 0 Å². The molecular formula is C20H24N2O2. The number of benzene rings is 2. The van der Waals surface area contributed by atoms with Crippen LogP contribution in [0.2, 0.25) is 0 Å². The minimum absolute atomic E-state index is 0.00370. The van der Waals surface area contributed by atoms with Gasteiger partial charge in [-0.1, -0.05) is 37.3 Å². The number of hydrogen-bond donors (Lipinski definition) is 1. The fourth-order valence-corrected chi connectivity index (χ4v) is 2.70. The zero-order valence-corrected chi connectivity index (χ0v) is 14.7. The fraction of sp³-hybridized carbons (Fsp3) is 0.300. The summed E-state index contributed by atoms with van der Waals surface area (Å²) in [5.74, 6) is -0.355. The Bertz CT molecular complexity index is 753. The van der Waals surface area contributed by atoms with Crippen LogP contribution in [0.4, 0.5) is 11.4 Å². The summed E-state index contributed by atoms with van der Waals surface area (Å²) in [6.45, 7) is 7.46. The average molecular weight is 324 g/mol. The van der Waals surface area contributed by atoms with Gasteiger partial charge in [-0.3, -0.25) is 9.59 Å². The van der Waals surface area contributed by atoms with E-state index in [4.69, 9.17) is 0 Å². The molecule has 2 aromatic carbocycles. The van der Waals surface area contributed by atoms with Crippen molar-refractivity contribution in [3.63, 3.8) is 0 Å². The molecule has 2 aromatic rings. The van der Waals surface area contributed by atoms with E-state index < -0.39 is 0 Å². The minimum Gasteiger partial charge on any atom is -0.324 e. The molecule has 0 fully saturated rings. The van der Waals surface area contributed by atoms with Gasteiger partial charge in [0.05, 0.1) is 0 Å². The molecule has 0 aliphatic rings. The lowest BCUT2D eigenvalue weighted by molar-refractivity contribution is -0.120. The molecule has 0 aliphatic heterocycles. The highest BCUT2D eigenvalue weighted by atomic mass is 16.2. The van der Waals surface area contributed by atoms with Crippen molar-refractivity contribution in [2.24, 2.45) is 0 Å². The number of rotatable bonds is 5. The van der Waals surface area contributed by atoms with Gasteiger partial charge in [0.25, 0.3) is 0 Å². The lowest BCUT2D eigenvalue weighted by Gasteiger charge is -2.22. The highest BCUT2D eigenvalue weighted by molar-refractivity contribution is 6.02. The maximum absolute atomic E-state index is 12.5. The predicted octanol–water partition coefficient (Wildman–Crippen LogP) is 3.86. The van der Waals surface area contributed by atoms with E-state index in [2.05, 4.69) is 12.2 Å². The molecule has 1 N–H and O–H groups in total. The Morgan fingerprint density at radius 1 is 1.08 bits per heavy atom. The van der Waals surface area contributed by atoms with Crippen molar-refractivity contribution in [2.45, 2.75) is 34.1 Å². The summed E-state index contributed by atoms with van der Waals surface area (Å²) < 4.78 is 0. The monoisotopic (exact) mass is 324 g/mol. The van der Waals surface area contributed by atoms with Crippen molar-refractivity contribution >= 4 is 23.2 Å². The molecule has 0 spiro atoms. The van der Waals surface area contributed by atoms with E-state index in [0.29, 0.717) is 0 Å². The number of carbonyl (C=O) groups is 2. The van der Waals surface area contributed by atoms with Crippen LogP contribution in [0.1, 0.15) is 30.5 Å². The van der Waals surface area contributed by atoms with E-state index in [1.54, 1.807) is 0 Å². The highest BCUT2D eigenvalue weighted by Crippen LogP contribution is 2.22. The molecule has 24 heavy (non-hydrogen) atoms. The van der Waals surface area contributed by atoms with Gasteiger partial charge in [0, 0.05) is 18.3 Å². The predicted molar refractivity (Wildman–Crippen MR) is 98.4 cm³/mol. The largest absolute Gasteiger partial charge is 0.324 e. The molecule has 0 aromatic heterocycles. The lowest BCUT2D eigenvalue weighted by Crippen LogP contribution is -2.37. The first-order chi connectivity index (χ1) is 11.4. The third-order valence-corrected chi connectivity index (χ3v) is 4.00. The van der Waals surface area contributed by atoms with E-state index in [0.717, 1.165) is 34.5 Å². The van der Waals surface area contributed by atoms with Crippen LogP contribution in [-0.4, -0.2) is 18.4 Å². The molecule has 0 heterocycles. The number of nitrogens with zero attached hydrogens (tertiary/aromatic N) is 1. The molecule has 0 atom stereocenters. The smallest absolute Gasteiger partial charge is 0.244 e. The molecule has 0 aliphatic carbocycles. The summed E-state index contributed by atoms with van der Waals surface area (Å²) in [5.41, 5.74) is 4.74. The van der Waals surface area contributed by atoms with Gasteiger partial charge in [-0.2, -0.15) is 0 Å². The van der Waals surface area contributed by atoms with Crippen LogP contribution in [0.5, 0.6) is 0 Å². The third-order valence-electron chi connectivity index (χ3n) is 4.00. The first kappa shape index (κ1) is 17.7. The van der Waals surface area contributed by atoms with Crippen LogP contribution in [-0.2, 0) is 16.0 Å². The topological polar surface area (TPSA) is 49.4 Å². The van der Waals surface area contributed by atoms with Gasteiger partial charge in [0.2, 0.25) is 11.8 Å². The van der Waals surface area contributed by atoms with Gasteiger partial charge in [0.1, 0.15) is 6.54 Å². The SMILES string of the molecule is CCc1cccc(C)c1NC(=O)CN(C(C)=O)c1cccc(C)c1. The normalized spacial score (nSPS) is 10.3. The summed E-state index contributed by atoms with van der Waals surface area (Å²) in [7, 11) is 0. The number of amides is 2. The Balaban J connectivity index is 2.19. The minimum atomic E-state index is -0.198. The third kappa shape index (κ3) is 4.22. The standard InChI is InChI=1S/C20H24N2O2/c1-5-17-10-7-9-15(3)20(17)21-19(24)13-22(16(4)23)18-11-6-8-14(2)12-18/h6-12H,5,13H2,1-4H3,(H,21,24). The maximum atomic E-state index is 12.5. The molecule has 4 nitrogen and oxygen atoms in total. The van der Waals surface area contributed by atoms with Gasteiger partial charge < -0.3 is 10.2 Å². The lowest BCUT2D eigenvalue weighted by atomic mass is 10.1. The van der Waals surface area contributed by atoms with Crippen molar-refractivity contribution in [3.05, 3.63) is 59.2 Å². The summed E-state index contributed by atoms with van der Waals surface area (Å²) in [6, 6.07) is 13.5. The van der Waals surface area contributed by atoms with Gasteiger partial charge in [-0.05, 0) is 49.1 Å². The van der Waals surface area contributed by atoms with Crippen LogP contribution in [0.3, 0.4) is 0 Å². The Labute approximate surface area is 143 Å². The van der Waals surface area contributed by atoms with Crippen molar-refractivity contribution in [1.82, 2.24) is 0 Å². The molecule has 126 valence electrons. The summed E-state index contributed by atoms with van der Waals surface area (Å²) in [4.78, 5) is 26.0. The number of hydrogen-bond acceptors (Lipinski definition) is 2. The number of aryl methyl sites for hydroxylation is 3. The highest BCUT2D eigenvalue weighted by Gasteiger charge is 2.17. The summed E-state index contributed by atoms with van der Waals surface area (Å²) >= 11 is 0. The summed E-state index contributed by atoms with van der Waals surface area (Å²) in [5, 5.41) is 2.97. The second kappa shape index (κ2) is 7.77. The van der Waals surface area contributed by atoms with Crippen molar-refractivity contribution in [2.75, 3.05) is 16.8 Å².